The summed E-state index contributed by atoms with van der Waals surface area (Å²) in [5.41, 5.74) is 11.2. The molecule has 0 aliphatic rings. The van der Waals surface area contributed by atoms with E-state index in [1.54, 1.807) is 0 Å². The van der Waals surface area contributed by atoms with Crippen LogP contribution in [-0.2, 0) is 0 Å². The SMILES string of the molecule is c1ccc2cc(-n3c4ccccc4c4cc(-c5ccc6c(c5)c5cc7c(cc5n6-c5cccc6ccccc56)oc5ccccc57)ccc43)ccc2c1. The van der Waals surface area contributed by atoms with Crippen molar-refractivity contribution >= 4 is 87.1 Å². The summed E-state index contributed by atoms with van der Waals surface area (Å²) in [5.74, 6) is 0. The topological polar surface area (TPSA) is 23.0 Å². The first-order valence-corrected chi connectivity index (χ1v) is 18.2. The van der Waals surface area contributed by atoms with Crippen LogP contribution in [0.25, 0.3) is 110 Å². The Bertz CT molecular complexity index is 3460. The number of furan rings is 1. The summed E-state index contributed by atoms with van der Waals surface area (Å²) in [7, 11) is 0. The lowest BCUT2D eigenvalue weighted by molar-refractivity contribution is 0.669. The van der Waals surface area contributed by atoms with E-state index in [1.807, 2.05) is 6.07 Å². The quantitative estimate of drug-likeness (QED) is 0.183. The zero-order chi connectivity index (χ0) is 34.6. The number of nitrogens with zero attached hydrogens (tertiary/aromatic N) is 2. The molecule has 3 heteroatoms. The number of fused-ring (bicyclic) bond motifs is 11. The van der Waals surface area contributed by atoms with Crippen LogP contribution in [0.1, 0.15) is 0 Å². The molecule has 12 rings (SSSR count). The van der Waals surface area contributed by atoms with Crippen molar-refractivity contribution in [1.82, 2.24) is 9.13 Å². The first kappa shape index (κ1) is 28.6. The van der Waals surface area contributed by atoms with E-state index < -0.39 is 0 Å². The van der Waals surface area contributed by atoms with Crippen LogP contribution in [0.15, 0.2) is 186 Å². The lowest BCUT2D eigenvalue weighted by atomic mass is 10.00. The molecule has 3 nitrogen and oxygen atoms in total. The summed E-state index contributed by atoms with van der Waals surface area (Å²) in [6.07, 6.45) is 0. The van der Waals surface area contributed by atoms with E-state index in [4.69, 9.17) is 4.42 Å². The van der Waals surface area contributed by atoms with Crippen LogP contribution in [0.3, 0.4) is 0 Å². The molecule has 0 bridgehead atoms. The van der Waals surface area contributed by atoms with Crippen molar-refractivity contribution in [3.63, 3.8) is 0 Å². The largest absolute Gasteiger partial charge is 0.456 e. The maximum absolute atomic E-state index is 6.44. The Balaban J connectivity index is 1.11. The van der Waals surface area contributed by atoms with Crippen molar-refractivity contribution in [2.45, 2.75) is 0 Å². The minimum atomic E-state index is 0.900. The maximum Gasteiger partial charge on any atom is 0.137 e. The summed E-state index contributed by atoms with van der Waals surface area (Å²) in [6, 6.07) is 66.2. The fourth-order valence-electron chi connectivity index (χ4n) is 8.83. The summed E-state index contributed by atoms with van der Waals surface area (Å²) in [4.78, 5) is 0. The molecule has 0 unspecified atom stereocenters. The fourth-order valence-corrected chi connectivity index (χ4v) is 8.83. The third-order valence-electron chi connectivity index (χ3n) is 11.3. The number of aromatic nitrogens is 2. The standard InChI is InChI=1S/C50H30N2O/c1-2-12-33-26-36(23-20-31(33)10-1)51-45-17-7-5-15-38(45)40-27-34(21-24-46(40)51)35-22-25-47-41(28-35)42-29-43-39-16-6-8-19-49(39)53-50(43)30-48(42)52(47)44-18-9-13-32-11-3-4-14-37(32)44/h1-30H. The van der Waals surface area contributed by atoms with Gasteiger partial charge in [0, 0.05) is 49.5 Å². The minimum absolute atomic E-state index is 0.900. The van der Waals surface area contributed by atoms with Crippen molar-refractivity contribution in [3.8, 4) is 22.5 Å². The molecule has 0 spiro atoms. The van der Waals surface area contributed by atoms with Crippen LogP contribution < -0.4 is 0 Å². The van der Waals surface area contributed by atoms with Gasteiger partial charge < -0.3 is 13.6 Å². The van der Waals surface area contributed by atoms with Gasteiger partial charge in [0.2, 0.25) is 0 Å². The van der Waals surface area contributed by atoms with E-state index in [-0.39, 0.29) is 0 Å². The Kier molecular flexibility index (Phi) is 5.77. The molecular formula is C50H30N2O. The number of hydrogen-bond acceptors (Lipinski definition) is 1. The van der Waals surface area contributed by atoms with Crippen LogP contribution in [0.2, 0.25) is 0 Å². The van der Waals surface area contributed by atoms with E-state index in [2.05, 4.69) is 185 Å². The van der Waals surface area contributed by atoms with Gasteiger partial charge in [-0.1, -0.05) is 115 Å². The molecule has 0 amide bonds. The van der Waals surface area contributed by atoms with Crippen LogP contribution in [0.4, 0.5) is 0 Å². The molecule has 3 heterocycles. The molecule has 0 atom stereocenters. The Hall–Kier alpha value is -7.10. The number of benzene rings is 9. The smallest absolute Gasteiger partial charge is 0.137 e. The third-order valence-corrected chi connectivity index (χ3v) is 11.3. The lowest BCUT2D eigenvalue weighted by Gasteiger charge is -2.12. The second-order valence-electron chi connectivity index (χ2n) is 14.1. The molecule has 12 aromatic rings. The molecule has 0 radical (unpaired) electrons. The van der Waals surface area contributed by atoms with Crippen LogP contribution >= 0.6 is 0 Å². The highest BCUT2D eigenvalue weighted by Gasteiger charge is 2.19. The number of para-hydroxylation sites is 2. The van der Waals surface area contributed by atoms with Crippen molar-refractivity contribution in [2.75, 3.05) is 0 Å². The molecule has 0 N–H and O–H groups in total. The first-order chi connectivity index (χ1) is 26.3. The Morgan fingerprint density at radius 3 is 1.77 bits per heavy atom. The molecule has 53 heavy (non-hydrogen) atoms. The van der Waals surface area contributed by atoms with Crippen molar-refractivity contribution in [2.24, 2.45) is 0 Å². The molecule has 3 aromatic heterocycles. The Morgan fingerprint density at radius 1 is 0.302 bits per heavy atom. The van der Waals surface area contributed by atoms with Crippen LogP contribution in [0, 0.1) is 0 Å². The highest BCUT2D eigenvalue weighted by atomic mass is 16.3. The third kappa shape index (κ3) is 4.10. The molecule has 0 saturated carbocycles. The van der Waals surface area contributed by atoms with Gasteiger partial charge in [-0.15, -0.1) is 0 Å². The predicted molar refractivity (Wildman–Crippen MR) is 223 cm³/mol. The van der Waals surface area contributed by atoms with Crippen molar-refractivity contribution in [3.05, 3.63) is 182 Å². The number of hydrogen-bond donors (Lipinski definition) is 0. The van der Waals surface area contributed by atoms with Crippen molar-refractivity contribution < 1.29 is 4.42 Å². The normalized spacial score (nSPS) is 12.2. The van der Waals surface area contributed by atoms with Gasteiger partial charge in [0.15, 0.2) is 0 Å². The van der Waals surface area contributed by atoms with E-state index in [0.29, 0.717) is 0 Å². The van der Waals surface area contributed by atoms with Crippen LogP contribution in [0.5, 0.6) is 0 Å². The maximum atomic E-state index is 6.44. The minimum Gasteiger partial charge on any atom is -0.456 e. The van der Waals surface area contributed by atoms with E-state index in [9.17, 15) is 0 Å². The fraction of sp³-hybridized carbons (Fsp3) is 0. The molecule has 0 saturated heterocycles. The summed E-state index contributed by atoms with van der Waals surface area (Å²) in [6.45, 7) is 0. The second kappa shape index (κ2) is 10.7. The molecule has 0 aliphatic carbocycles. The van der Waals surface area contributed by atoms with Gasteiger partial charge in [-0.2, -0.15) is 0 Å². The first-order valence-electron chi connectivity index (χ1n) is 18.2. The van der Waals surface area contributed by atoms with E-state index >= 15 is 0 Å². The monoisotopic (exact) mass is 674 g/mol. The van der Waals surface area contributed by atoms with Gasteiger partial charge >= 0.3 is 0 Å². The predicted octanol–water partition coefficient (Wildman–Crippen LogP) is 13.8. The van der Waals surface area contributed by atoms with E-state index in [0.717, 1.165) is 33.1 Å². The average Bonchev–Trinajstić information content (AvgIpc) is 3.86. The van der Waals surface area contributed by atoms with Gasteiger partial charge in [0.25, 0.3) is 0 Å². The zero-order valence-corrected chi connectivity index (χ0v) is 28.6. The highest BCUT2D eigenvalue weighted by molar-refractivity contribution is 6.19. The van der Waals surface area contributed by atoms with Gasteiger partial charge in [-0.25, -0.2) is 0 Å². The average molecular weight is 675 g/mol. The molecular weight excluding hydrogens is 645 g/mol. The zero-order valence-electron chi connectivity index (χ0n) is 28.6. The van der Waals surface area contributed by atoms with Crippen LogP contribution in [-0.4, -0.2) is 9.13 Å². The molecule has 0 fully saturated rings. The van der Waals surface area contributed by atoms with Gasteiger partial charge in [-0.3, -0.25) is 0 Å². The highest BCUT2D eigenvalue weighted by Crippen LogP contribution is 2.42. The number of rotatable bonds is 3. The molecule has 9 aromatic carbocycles. The summed E-state index contributed by atoms with van der Waals surface area (Å²) >= 11 is 0. The Morgan fingerprint density at radius 2 is 0.925 bits per heavy atom. The summed E-state index contributed by atoms with van der Waals surface area (Å²) < 4.78 is 11.3. The van der Waals surface area contributed by atoms with Gasteiger partial charge in [-0.05, 0) is 87.9 Å². The van der Waals surface area contributed by atoms with Gasteiger partial charge in [0.05, 0.1) is 27.8 Å². The van der Waals surface area contributed by atoms with Crippen molar-refractivity contribution in [1.29, 1.82) is 0 Å². The van der Waals surface area contributed by atoms with E-state index in [1.165, 1.54) is 76.5 Å². The summed E-state index contributed by atoms with van der Waals surface area (Å²) in [5, 5.41) is 12.1. The molecule has 0 aliphatic heterocycles. The van der Waals surface area contributed by atoms with Gasteiger partial charge in [0.1, 0.15) is 11.2 Å². The Labute approximate surface area is 304 Å². The molecule has 246 valence electrons. The second-order valence-corrected chi connectivity index (χ2v) is 14.1. The lowest BCUT2D eigenvalue weighted by Crippen LogP contribution is -1.95.